The molecule has 0 saturated heterocycles. The van der Waals surface area contributed by atoms with Crippen LogP contribution in [0.15, 0.2) is 18.2 Å². The maximum atomic E-state index is 13.4. The van der Waals surface area contributed by atoms with E-state index in [-0.39, 0.29) is 18.7 Å². The predicted molar refractivity (Wildman–Crippen MR) is 68.1 cm³/mol. The lowest BCUT2D eigenvalue weighted by atomic mass is 10.2. The van der Waals surface area contributed by atoms with Crippen LogP contribution in [-0.4, -0.2) is 35.1 Å². The van der Waals surface area contributed by atoms with Gasteiger partial charge in [0.25, 0.3) is 0 Å². The van der Waals surface area contributed by atoms with E-state index in [0.29, 0.717) is 6.42 Å². The van der Waals surface area contributed by atoms with Crippen molar-refractivity contribution in [3.8, 4) is 0 Å². The fourth-order valence-corrected chi connectivity index (χ4v) is 1.65. The van der Waals surface area contributed by atoms with E-state index in [4.69, 9.17) is 5.11 Å². The second kappa shape index (κ2) is 7.42. The summed E-state index contributed by atoms with van der Waals surface area (Å²) in [6, 6.07) is 2.31. The molecular weight excluding hydrogens is 270 g/mol. The smallest absolute Gasteiger partial charge is 0.323 e. The van der Waals surface area contributed by atoms with Crippen LogP contribution in [0.5, 0.6) is 0 Å². The van der Waals surface area contributed by atoms with Crippen molar-refractivity contribution < 1.29 is 23.5 Å². The first-order valence-electron chi connectivity index (χ1n) is 6.12. The van der Waals surface area contributed by atoms with Crippen molar-refractivity contribution in [1.29, 1.82) is 0 Å². The van der Waals surface area contributed by atoms with Crippen molar-refractivity contribution in [2.75, 3.05) is 13.1 Å². The predicted octanol–water partition coefficient (Wildman–Crippen LogP) is 1.97. The lowest BCUT2D eigenvalue weighted by Gasteiger charge is -2.20. The zero-order chi connectivity index (χ0) is 15.1. The summed E-state index contributed by atoms with van der Waals surface area (Å²) in [5, 5.41) is 11.1. The van der Waals surface area contributed by atoms with E-state index in [1.165, 1.54) is 0 Å². The molecule has 0 atom stereocenters. The van der Waals surface area contributed by atoms with Gasteiger partial charge in [-0.05, 0) is 24.6 Å². The van der Waals surface area contributed by atoms with Gasteiger partial charge < -0.3 is 15.3 Å². The van der Waals surface area contributed by atoms with Crippen molar-refractivity contribution in [1.82, 2.24) is 10.2 Å². The molecular formula is C13H16F2N2O3. The summed E-state index contributed by atoms with van der Waals surface area (Å²) in [5.74, 6) is -2.37. The molecule has 0 bridgehead atoms. The lowest BCUT2D eigenvalue weighted by Crippen LogP contribution is -2.42. The minimum atomic E-state index is -1.13. The summed E-state index contributed by atoms with van der Waals surface area (Å²) < 4.78 is 26.3. The highest BCUT2D eigenvalue weighted by atomic mass is 19.1. The van der Waals surface area contributed by atoms with Gasteiger partial charge in [0, 0.05) is 18.7 Å². The van der Waals surface area contributed by atoms with Gasteiger partial charge in [-0.3, -0.25) is 4.79 Å². The van der Waals surface area contributed by atoms with Crippen molar-refractivity contribution in [2.24, 2.45) is 0 Å². The van der Waals surface area contributed by atoms with Gasteiger partial charge in [-0.25, -0.2) is 13.6 Å². The number of carboxylic acids is 1. The molecule has 0 spiro atoms. The second-order valence-electron chi connectivity index (χ2n) is 4.21. The van der Waals surface area contributed by atoms with Gasteiger partial charge in [-0.15, -0.1) is 0 Å². The average molecular weight is 286 g/mol. The summed E-state index contributed by atoms with van der Waals surface area (Å²) in [5.41, 5.74) is 0.00474. The van der Waals surface area contributed by atoms with Crippen LogP contribution in [0.3, 0.4) is 0 Å². The van der Waals surface area contributed by atoms with Crippen molar-refractivity contribution in [2.45, 2.75) is 19.9 Å². The molecule has 0 heterocycles. The number of carboxylic acid groups (broad SMARTS) is 1. The van der Waals surface area contributed by atoms with E-state index >= 15 is 0 Å². The van der Waals surface area contributed by atoms with Gasteiger partial charge in [0.2, 0.25) is 0 Å². The minimum absolute atomic E-state index is 0.00474. The van der Waals surface area contributed by atoms with Crippen LogP contribution in [0.25, 0.3) is 0 Å². The molecule has 1 rings (SSSR count). The zero-order valence-electron chi connectivity index (χ0n) is 11.0. The van der Waals surface area contributed by atoms with E-state index in [2.05, 4.69) is 5.32 Å². The van der Waals surface area contributed by atoms with E-state index in [1.54, 1.807) is 6.92 Å². The Balaban J connectivity index is 2.64. The van der Waals surface area contributed by atoms with Crippen molar-refractivity contribution in [3.05, 3.63) is 35.4 Å². The Hall–Kier alpha value is -2.18. The molecule has 0 aromatic heterocycles. The number of carbonyl (C=O) groups is 2. The Bertz CT molecular complexity index is 495. The normalized spacial score (nSPS) is 10.2. The van der Waals surface area contributed by atoms with Crippen molar-refractivity contribution >= 4 is 12.0 Å². The molecule has 0 fully saturated rings. The number of nitrogens with zero attached hydrogens (tertiary/aromatic N) is 1. The van der Waals surface area contributed by atoms with Gasteiger partial charge >= 0.3 is 12.0 Å². The van der Waals surface area contributed by atoms with Crippen LogP contribution < -0.4 is 5.32 Å². The number of rotatable bonds is 6. The van der Waals surface area contributed by atoms with E-state index < -0.39 is 30.2 Å². The van der Waals surface area contributed by atoms with E-state index in [0.717, 1.165) is 23.1 Å². The summed E-state index contributed by atoms with van der Waals surface area (Å²) in [7, 11) is 0. The molecule has 1 aromatic rings. The van der Waals surface area contributed by atoms with Crippen LogP contribution in [0, 0.1) is 11.6 Å². The third kappa shape index (κ3) is 4.83. The highest BCUT2D eigenvalue weighted by Gasteiger charge is 2.16. The fourth-order valence-electron chi connectivity index (χ4n) is 1.65. The average Bonchev–Trinajstić information content (AvgIpc) is 2.38. The molecule has 2 N–H and O–H groups in total. The lowest BCUT2D eigenvalue weighted by molar-refractivity contribution is -0.137. The molecule has 110 valence electrons. The van der Waals surface area contributed by atoms with Gasteiger partial charge in [-0.2, -0.15) is 0 Å². The summed E-state index contributed by atoms with van der Waals surface area (Å²) in [6.07, 6.45) is 0.592. The highest BCUT2D eigenvalue weighted by molar-refractivity contribution is 5.80. The third-order valence-corrected chi connectivity index (χ3v) is 2.54. The number of carbonyl (C=O) groups excluding carboxylic acids is 1. The van der Waals surface area contributed by atoms with Crippen LogP contribution in [0.2, 0.25) is 0 Å². The number of halogens is 2. The molecule has 0 aliphatic rings. The number of urea groups is 1. The van der Waals surface area contributed by atoms with Crippen molar-refractivity contribution in [3.63, 3.8) is 0 Å². The largest absolute Gasteiger partial charge is 0.480 e. The molecule has 20 heavy (non-hydrogen) atoms. The van der Waals surface area contributed by atoms with Gasteiger partial charge in [-0.1, -0.05) is 6.92 Å². The number of hydrogen-bond donors (Lipinski definition) is 2. The quantitative estimate of drug-likeness (QED) is 0.840. The van der Waals surface area contributed by atoms with Crippen LogP contribution >= 0.6 is 0 Å². The second-order valence-corrected chi connectivity index (χ2v) is 4.21. The Morgan fingerprint density at radius 3 is 2.65 bits per heavy atom. The van der Waals surface area contributed by atoms with E-state index in [9.17, 15) is 18.4 Å². The van der Waals surface area contributed by atoms with Crippen LogP contribution in [0.4, 0.5) is 13.6 Å². The first-order valence-corrected chi connectivity index (χ1v) is 6.12. The topological polar surface area (TPSA) is 69.6 Å². The van der Waals surface area contributed by atoms with Gasteiger partial charge in [0.05, 0.1) is 0 Å². The molecule has 7 heteroatoms. The first-order chi connectivity index (χ1) is 9.43. The molecule has 0 aliphatic heterocycles. The summed E-state index contributed by atoms with van der Waals surface area (Å²) in [6.45, 7) is 1.42. The fraction of sp³-hybridized carbons (Fsp3) is 0.385. The van der Waals surface area contributed by atoms with Crippen LogP contribution in [-0.2, 0) is 11.3 Å². The van der Waals surface area contributed by atoms with Gasteiger partial charge in [0.15, 0.2) is 0 Å². The Morgan fingerprint density at radius 1 is 1.35 bits per heavy atom. The Kier molecular flexibility index (Phi) is 5.89. The molecule has 0 radical (unpaired) electrons. The first kappa shape index (κ1) is 15.9. The van der Waals surface area contributed by atoms with Crippen LogP contribution in [0.1, 0.15) is 18.9 Å². The molecule has 0 unspecified atom stereocenters. The third-order valence-electron chi connectivity index (χ3n) is 2.54. The molecule has 5 nitrogen and oxygen atoms in total. The Labute approximate surface area is 115 Å². The monoisotopic (exact) mass is 286 g/mol. The maximum absolute atomic E-state index is 13.4. The minimum Gasteiger partial charge on any atom is -0.480 e. The summed E-state index contributed by atoms with van der Waals surface area (Å²) >= 11 is 0. The maximum Gasteiger partial charge on any atom is 0.323 e. The molecule has 1 aromatic carbocycles. The number of benzene rings is 1. The summed E-state index contributed by atoms with van der Waals surface area (Å²) in [4.78, 5) is 23.5. The standard InChI is InChI=1S/C13H16F2N2O3/c1-2-5-17(8-12(18)19)13(20)16-7-9-6-10(14)3-4-11(9)15/h3-4,6H,2,5,7-8H2,1H3,(H,16,20)(H,18,19). The number of amides is 2. The highest BCUT2D eigenvalue weighted by Crippen LogP contribution is 2.09. The Morgan fingerprint density at radius 2 is 2.05 bits per heavy atom. The number of nitrogens with one attached hydrogen (secondary N) is 1. The molecule has 2 amide bonds. The van der Waals surface area contributed by atoms with E-state index in [1.807, 2.05) is 0 Å². The van der Waals surface area contributed by atoms with Gasteiger partial charge in [0.1, 0.15) is 18.2 Å². The molecule has 0 aliphatic carbocycles. The number of aliphatic carboxylic acids is 1. The SMILES string of the molecule is CCCN(CC(=O)O)C(=O)NCc1cc(F)ccc1F. The zero-order valence-corrected chi connectivity index (χ0v) is 11.0. The number of hydrogen-bond acceptors (Lipinski definition) is 2. The molecule has 0 saturated carbocycles.